The summed E-state index contributed by atoms with van der Waals surface area (Å²) in [5.74, 6) is 0.491. The van der Waals surface area contributed by atoms with Crippen LogP contribution in [0, 0.1) is 0 Å². The Labute approximate surface area is 323 Å². The summed E-state index contributed by atoms with van der Waals surface area (Å²) in [6.45, 7) is 0. The summed E-state index contributed by atoms with van der Waals surface area (Å²) in [5.41, 5.74) is 8.94. The lowest BCUT2D eigenvalue weighted by atomic mass is 9.84. The summed E-state index contributed by atoms with van der Waals surface area (Å²) < 4.78 is 47.0. The first kappa shape index (κ1) is 26.0. The first-order chi connectivity index (χ1) is 28.9. The van der Waals surface area contributed by atoms with Crippen molar-refractivity contribution in [1.82, 2.24) is 9.55 Å². The van der Waals surface area contributed by atoms with Crippen molar-refractivity contribution in [3.8, 4) is 50.5 Å². The Morgan fingerprint density at radius 1 is 0.426 bits per heavy atom. The molecule has 0 unspecified atom stereocenters. The van der Waals surface area contributed by atoms with Crippen LogP contribution in [0.15, 0.2) is 194 Å². The first-order valence-corrected chi connectivity index (χ1v) is 18.8. The largest absolute Gasteiger partial charge is 0.292 e. The van der Waals surface area contributed by atoms with Crippen LogP contribution in [0.25, 0.3) is 103 Å². The lowest BCUT2D eigenvalue weighted by Gasteiger charge is -2.19. The van der Waals surface area contributed by atoms with E-state index in [2.05, 4.69) is 121 Å². The molecule has 2 aromatic heterocycles. The fourth-order valence-electron chi connectivity index (χ4n) is 8.08. The molecule has 54 heavy (non-hydrogen) atoms. The number of para-hydroxylation sites is 3. The van der Waals surface area contributed by atoms with Gasteiger partial charge in [-0.05, 0) is 103 Å². The number of imidazole rings is 1. The quantitative estimate of drug-likeness (QED) is 0.163. The van der Waals surface area contributed by atoms with Gasteiger partial charge in [0.15, 0.2) is 0 Å². The highest BCUT2D eigenvalue weighted by molar-refractivity contribution is 7.25. The van der Waals surface area contributed by atoms with Gasteiger partial charge in [0.05, 0.1) is 17.9 Å². The van der Waals surface area contributed by atoms with Crippen molar-refractivity contribution in [3.63, 3.8) is 0 Å². The van der Waals surface area contributed by atoms with Crippen LogP contribution < -0.4 is 0 Å². The molecule has 0 aliphatic heterocycles. The van der Waals surface area contributed by atoms with Gasteiger partial charge in [-0.15, -0.1) is 11.3 Å². The van der Waals surface area contributed by atoms with Crippen molar-refractivity contribution in [2.75, 3.05) is 0 Å². The zero-order chi connectivity index (χ0) is 39.9. The summed E-state index contributed by atoms with van der Waals surface area (Å²) in [4.78, 5) is 4.97. The van der Waals surface area contributed by atoms with E-state index < -0.39 is 6.04 Å². The Balaban J connectivity index is 1.15. The second-order valence-electron chi connectivity index (χ2n) is 13.5. The lowest BCUT2D eigenvalue weighted by Crippen LogP contribution is -1.97. The summed E-state index contributed by atoms with van der Waals surface area (Å²) in [6, 6.07) is 55.5. The van der Waals surface area contributed by atoms with Gasteiger partial charge < -0.3 is 0 Å². The number of benzene rings is 9. The minimum Gasteiger partial charge on any atom is -0.292 e. The normalized spacial score (nSPS) is 13.0. The van der Waals surface area contributed by atoms with Gasteiger partial charge >= 0.3 is 0 Å². The van der Waals surface area contributed by atoms with Gasteiger partial charge in [0.1, 0.15) is 5.82 Å². The molecular weight excluding hydrogens is 673 g/mol. The van der Waals surface area contributed by atoms with Gasteiger partial charge in [0.25, 0.3) is 0 Å². The molecule has 0 saturated carbocycles. The third kappa shape index (κ3) is 4.90. The van der Waals surface area contributed by atoms with E-state index in [0.29, 0.717) is 16.9 Å². The van der Waals surface area contributed by atoms with Crippen LogP contribution >= 0.6 is 11.3 Å². The number of thiophene rings is 1. The molecule has 0 aliphatic carbocycles. The van der Waals surface area contributed by atoms with E-state index >= 15 is 0 Å². The average molecular weight is 710 g/mol. The molecule has 0 N–H and O–H groups in total. The molecule has 2 nitrogen and oxygen atoms in total. The maximum atomic E-state index is 8.84. The van der Waals surface area contributed by atoms with E-state index in [1.165, 1.54) is 31.3 Å². The molecule has 3 heteroatoms. The van der Waals surface area contributed by atoms with E-state index in [4.69, 9.17) is 11.8 Å². The summed E-state index contributed by atoms with van der Waals surface area (Å²) in [6.07, 6.45) is 0. The molecule has 252 valence electrons. The highest BCUT2D eigenvalue weighted by atomic mass is 32.1. The van der Waals surface area contributed by atoms with Crippen LogP contribution in [0.2, 0.25) is 0 Å². The van der Waals surface area contributed by atoms with Crippen molar-refractivity contribution in [2.24, 2.45) is 0 Å². The standard InChI is InChI=1S/C51H32N2S/c1-3-13-33(14-4-1)36-27-29-42-44(31-36)50(37-28-30-48-43(32-37)39-17-9-12-22-47(39)54-48)41-19-8-7-18-40(41)49(42)34-23-25-35(26-24-34)51-52-45-20-10-11-21-46(45)53(51)38-15-5-2-6-16-38/h1-32H/i2D,5D,6D,15D,16D. The fraction of sp³-hybridized carbons (Fsp3) is 0. The SMILES string of the molecule is [2H]c1c([2H])c([2H])c(-n2c(-c3ccc(-c4c5ccccc5c(-c5ccc6sc7ccccc7c6c5)c5cc(-c6ccccc6)ccc45)cc3)nc3ccccc32)c([2H])c1[2H]. The molecule has 11 aromatic rings. The average Bonchev–Trinajstić information content (AvgIpc) is 3.85. The summed E-state index contributed by atoms with van der Waals surface area (Å²) >= 11 is 1.83. The monoisotopic (exact) mass is 709 g/mol. The van der Waals surface area contributed by atoms with E-state index in [0.717, 1.165) is 49.4 Å². The maximum Gasteiger partial charge on any atom is 0.145 e. The van der Waals surface area contributed by atoms with Crippen molar-refractivity contribution >= 4 is 64.1 Å². The van der Waals surface area contributed by atoms with Gasteiger partial charge in [-0.1, -0.05) is 146 Å². The molecule has 0 atom stereocenters. The molecule has 11 rings (SSSR count). The van der Waals surface area contributed by atoms with Gasteiger partial charge in [-0.25, -0.2) is 4.98 Å². The van der Waals surface area contributed by atoms with Crippen molar-refractivity contribution < 1.29 is 6.85 Å². The number of aromatic nitrogens is 2. The molecule has 0 radical (unpaired) electrons. The minimum absolute atomic E-state index is 0.0687. The maximum absolute atomic E-state index is 8.84. The summed E-state index contributed by atoms with van der Waals surface area (Å²) in [7, 11) is 0. The Morgan fingerprint density at radius 2 is 1.02 bits per heavy atom. The summed E-state index contributed by atoms with van der Waals surface area (Å²) in [5, 5.41) is 7.11. The Bertz CT molecular complexity index is 3470. The van der Waals surface area contributed by atoms with E-state index in [-0.39, 0.29) is 29.9 Å². The number of fused-ring (bicyclic) bond motifs is 6. The third-order valence-corrected chi connectivity index (χ3v) is 11.7. The predicted octanol–water partition coefficient (Wildman–Crippen LogP) is 14.4. The van der Waals surface area contributed by atoms with E-state index in [1.54, 1.807) is 4.57 Å². The molecule has 0 aliphatic rings. The Hall–Kier alpha value is -6.81. The van der Waals surface area contributed by atoms with Gasteiger partial charge in [0, 0.05) is 31.4 Å². The Kier molecular flexibility index (Phi) is 5.98. The van der Waals surface area contributed by atoms with Crippen molar-refractivity contribution in [2.45, 2.75) is 0 Å². The number of rotatable bonds is 5. The smallest absolute Gasteiger partial charge is 0.145 e. The van der Waals surface area contributed by atoms with Gasteiger partial charge in [-0.3, -0.25) is 4.57 Å². The van der Waals surface area contributed by atoms with Gasteiger partial charge in [0.2, 0.25) is 0 Å². The van der Waals surface area contributed by atoms with Crippen LogP contribution in [0.4, 0.5) is 0 Å². The number of nitrogens with zero attached hydrogens (tertiary/aromatic N) is 2. The molecule has 2 heterocycles. The zero-order valence-corrected chi connectivity index (χ0v) is 29.7. The van der Waals surface area contributed by atoms with Crippen LogP contribution in [0.5, 0.6) is 0 Å². The van der Waals surface area contributed by atoms with Crippen LogP contribution in [-0.2, 0) is 0 Å². The lowest BCUT2D eigenvalue weighted by molar-refractivity contribution is 1.10. The van der Waals surface area contributed by atoms with Crippen LogP contribution in [0.1, 0.15) is 6.85 Å². The van der Waals surface area contributed by atoms with Gasteiger partial charge in [-0.2, -0.15) is 0 Å². The molecule has 0 amide bonds. The first-order valence-electron chi connectivity index (χ1n) is 20.5. The molecule has 0 spiro atoms. The molecule has 0 saturated heterocycles. The molecular formula is C51H32N2S. The van der Waals surface area contributed by atoms with Crippen molar-refractivity contribution in [1.29, 1.82) is 0 Å². The highest BCUT2D eigenvalue weighted by Crippen LogP contribution is 2.46. The topological polar surface area (TPSA) is 17.8 Å². The second-order valence-corrected chi connectivity index (χ2v) is 14.6. The molecule has 0 fully saturated rings. The fourth-order valence-corrected chi connectivity index (χ4v) is 9.17. The number of hydrogen-bond acceptors (Lipinski definition) is 2. The van der Waals surface area contributed by atoms with Crippen LogP contribution in [0.3, 0.4) is 0 Å². The van der Waals surface area contributed by atoms with E-state index in [1.807, 2.05) is 53.8 Å². The minimum atomic E-state index is -0.430. The second kappa shape index (κ2) is 12.4. The Morgan fingerprint density at radius 3 is 1.83 bits per heavy atom. The highest BCUT2D eigenvalue weighted by Gasteiger charge is 2.20. The zero-order valence-electron chi connectivity index (χ0n) is 33.9. The number of hydrogen-bond donors (Lipinski definition) is 0. The molecule has 0 bridgehead atoms. The van der Waals surface area contributed by atoms with Crippen molar-refractivity contribution in [3.05, 3.63) is 194 Å². The van der Waals surface area contributed by atoms with Crippen LogP contribution in [-0.4, -0.2) is 9.55 Å². The third-order valence-electron chi connectivity index (χ3n) is 10.5. The molecule has 9 aromatic carbocycles. The van der Waals surface area contributed by atoms with E-state index in [9.17, 15) is 0 Å². The predicted molar refractivity (Wildman–Crippen MR) is 231 cm³/mol.